The van der Waals surface area contributed by atoms with Crippen LogP contribution in [0.3, 0.4) is 0 Å². The molecule has 3 fully saturated rings. The van der Waals surface area contributed by atoms with Crippen LogP contribution in [0.5, 0.6) is 0 Å². The zero-order valence-corrected chi connectivity index (χ0v) is 22.2. The van der Waals surface area contributed by atoms with E-state index in [1.807, 2.05) is 17.0 Å². The van der Waals surface area contributed by atoms with E-state index in [4.69, 9.17) is 5.26 Å². The number of benzene rings is 1. The molecule has 10 nitrogen and oxygen atoms in total. The molecule has 10 heteroatoms. The Labute approximate surface area is 227 Å². The molecule has 204 valence electrons. The molecule has 1 atom stereocenters. The first-order valence-corrected chi connectivity index (χ1v) is 14.1. The lowest BCUT2D eigenvalue weighted by molar-refractivity contribution is -0.137. The average Bonchev–Trinajstić information content (AvgIpc) is 3.69. The van der Waals surface area contributed by atoms with Crippen molar-refractivity contribution in [1.82, 2.24) is 29.1 Å². The number of rotatable bonds is 7. The molecule has 1 saturated carbocycles. The Morgan fingerprint density at radius 3 is 2.77 bits per heavy atom. The van der Waals surface area contributed by atoms with Gasteiger partial charge in [0.15, 0.2) is 5.65 Å². The number of nitrogens with zero attached hydrogens (tertiary/aromatic N) is 7. The van der Waals surface area contributed by atoms with Crippen molar-refractivity contribution >= 4 is 16.9 Å². The molecule has 1 unspecified atom stereocenters. The second kappa shape index (κ2) is 10.5. The maximum absolute atomic E-state index is 13.3. The van der Waals surface area contributed by atoms with Gasteiger partial charge in [-0.05, 0) is 68.7 Å². The number of amides is 1. The molecule has 1 N–H and O–H groups in total. The number of fused-ring (bicyclic) bond motifs is 1. The topological polar surface area (TPSA) is 120 Å². The van der Waals surface area contributed by atoms with Crippen molar-refractivity contribution in [1.29, 1.82) is 5.26 Å². The van der Waals surface area contributed by atoms with Gasteiger partial charge in [0.2, 0.25) is 5.91 Å². The van der Waals surface area contributed by atoms with Gasteiger partial charge < -0.3 is 10.0 Å². The van der Waals surface area contributed by atoms with Gasteiger partial charge in [0, 0.05) is 38.5 Å². The number of carbonyl (C=O) groups is 1. The van der Waals surface area contributed by atoms with Gasteiger partial charge in [-0.1, -0.05) is 12.1 Å². The molecule has 0 bridgehead atoms. The maximum atomic E-state index is 13.3. The molecule has 1 amide bonds. The Morgan fingerprint density at radius 1 is 1.18 bits per heavy atom. The number of piperidine rings is 2. The van der Waals surface area contributed by atoms with Crippen LogP contribution in [-0.2, 0) is 17.9 Å². The fourth-order valence-corrected chi connectivity index (χ4v) is 6.09. The van der Waals surface area contributed by atoms with Crippen molar-refractivity contribution < 1.29 is 9.90 Å². The highest BCUT2D eigenvalue weighted by Gasteiger charge is 2.39. The Morgan fingerprint density at radius 2 is 2.00 bits per heavy atom. The summed E-state index contributed by atoms with van der Waals surface area (Å²) in [6.07, 6.45) is 8.70. The third-order valence-electron chi connectivity index (χ3n) is 8.50. The first kappa shape index (κ1) is 25.7. The van der Waals surface area contributed by atoms with Crippen LogP contribution < -0.4 is 5.56 Å². The summed E-state index contributed by atoms with van der Waals surface area (Å²) in [6.45, 7) is 3.94. The lowest BCUT2D eigenvalue weighted by Gasteiger charge is -2.38. The van der Waals surface area contributed by atoms with E-state index in [2.05, 4.69) is 33.2 Å². The molecule has 0 radical (unpaired) electrons. The predicted octanol–water partition coefficient (Wildman–Crippen LogP) is 2.47. The monoisotopic (exact) mass is 529 g/mol. The van der Waals surface area contributed by atoms with E-state index in [-0.39, 0.29) is 23.9 Å². The third kappa shape index (κ3) is 5.47. The number of aliphatic hydroxyl groups is 1. The summed E-state index contributed by atoms with van der Waals surface area (Å²) >= 11 is 0. The predicted molar refractivity (Wildman–Crippen MR) is 145 cm³/mol. The summed E-state index contributed by atoms with van der Waals surface area (Å²) in [6, 6.07) is 10.4. The molecule has 1 aromatic carbocycles. The van der Waals surface area contributed by atoms with Crippen LogP contribution in [0.2, 0.25) is 0 Å². The smallest absolute Gasteiger partial charge is 0.264 e. The van der Waals surface area contributed by atoms with Crippen LogP contribution in [0.4, 0.5) is 0 Å². The number of hydrogen-bond donors (Lipinski definition) is 1. The number of likely N-dealkylation sites (tertiary alicyclic amines) is 2. The van der Waals surface area contributed by atoms with Crippen LogP contribution in [0.1, 0.15) is 50.5 Å². The number of aromatic nitrogens is 4. The molecule has 0 spiro atoms. The Balaban J connectivity index is 1.16. The third-order valence-corrected chi connectivity index (χ3v) is 8.50. The van der Waals surface area contributed by atoms with E-state index < -0.39 is 5.60 Å². The van der Waals surface area contributed by atoms with Gasteiger partial charge in [0.05, 0.1) is 30.1 Å². The van der Waals surface area contributed by atoms with Gasteiger partial charge in [-0.2, -0.15) is 10.4 Å². The summed E-state index contributed by atoms with van der Waals surface area (Å²) in [7, 11) is 0. The molecule has 3 aromatic rings. The van der Waals surface area contributed by atoms with Crippen LogP contribution >= 0.6 is 0 Å². The highest BCUT2D eigenvalue weighted by molar-refractivity contribution is 5.81. The standard InChI is InChI=1S/C29H35N7O3/c30-11-8-21-4-2-12-33(17-21)18-22-3-1-5-24(15-22)36-26-25(16-32-36)28(38)35(20-31-26)19-29(39)9-13-34(14-10-29)27(37)23-6-7-23/h1,3,5,15-16,20-21,23,39H,2,4,6-10,12-14,17-19H2. The normalized spacial score (nSPS) is 21.6. The van der Waals surface area contributed by atoms with Gasteiger partial charge in [0.1, 0.15) is 11.7 Å². The lowest BCUT2D eigenvalue weighted by Crippen LogP contribution is -2.50. The van der Waals surface area contributed by atoms with E-state index >= 15 is 0 Å². The summed E-state index contributed by atoms with van der Waals surface area (Å²) < 4.78 is 3.16. The van der Waals surface area contributed by atoms with E-state index in [1.54, 1.807) is 10.9 Å². The van der Waals surface area contributed by atoms with Gasteiger partial charge >= 0.3 is 0 Å². The van der Waals surface area contributed by atoms with E-state index in [0.29, 0.717) is 49.3 Å². The van der Waals surface area contributed by atoms with Crippen molar-refractivity contribution in [2.24, 2.45) is 11.8 Å². The summed E-state index contributed by atoms with van der Waals surface area (Å²) in [5, 5.41) is 25.2. The van der Waals surface area contributed by atoms with Crippen molar-refractivity contribution in [3.63, 3.8) is 0 Å². The zero-order valence-electron chi connectivity index (χ0n) is 22.2. The quantitative estimate of drug-likeness (QED) is 0.499. The minimum absolute atomic E-state index is 0.142. The van der Waals surface area contributed by atoms with Crippen LogP contribution in [-0.4, -0.2) is 71.9 Å². The van der Waals surface area contributed by atoms with Crippen molar-refractivity contribution in [3.8, 4) is 11.8 Å². The highest BCUT2D eigenvalue weighted by Crippen LogP contribution is 2.33. The van der Waals surface area contributed by atoms with Gasteiger partial charge in [-0.3, -0.25) is 19.1 Å². The Kier molecular flexibility index (Phi) is 6.95. The molecule has 2 aliphatic heterocycles. The van der Waals surface area contributed by atoms with Crippen LogP contribution in [0.25, 0.3) is 16.7 Å². The molecule has 6 rings (SSSR count). The fourth-order valence-electron chi connectivity index (χ4n) is 6.09. The lowest BCUT2D eigenvalue weighted by atomic mass is 9.91. The molecule has 1 aliphatic carbocycles. The van der Waals surface area contributed by atoms with Gasteiger partial charge in [0.25, 0.3) is 5.56 Å². The Bertz CT molecular complexity index is 1460. The summed E-state index contributed by atoms with van der Waals surface area (Å²) in [5.74, 6) is 0.811. The molecular weight excluding hydrogens is 494 g/mol. The summed E-state index contributed by atoms with van der Waals surface area (Å²) in [4.78, 5) is 34.5. The number of hydrogen-bond acceptors (Lipinski definition) is 7. The first-order chi connectivity index (χ1) is 18.9. The van der Waals surface area contributed by atoms with E-state index in [0.717, 1.165) is 56.6 Å². The molecule has 4 heterocycles. The van der Waals surface area contributed by atoms with E-state index in [9.17, 15) is 14.7 Å². The molecular formula is C29H35N7O3. The van der Waals surface area contributed by atoms with Crippen molar-refractivity contribution in [2.45, 2.75) is 63.6 Å². The van der Waals surface area contributed by atoms with E-state index in [1.165, 1.54) is 10.9 Å². The van der Waals surface area contributed by atoms with Crippen molar-refractivity contribution in [3.05, 3.63) is 52.7 Å². The number of nitriles is 1. The molecule has 39 heavy (non-hydrogen) atoms. The average molecular weight is 530 g/mol. The minimum Gasteiger partial charge on any atom is -0.388 e. The van der Waals surface area contributed by atoms with Crippen molar-refractivity contribution in [2.75, 3.05) is 26.2 Å². The second-order valence-electron chi connectivity index (χ2n) is 11.6. The molecule has 2 aromatic heterocycles. The Hall–Kier alpha value is -3.55. The first-order valence-electron chi connectivity index (χ1n) is 14.1. The largest absolute Gasteiger partial charge is 0.388 e. The number of carbonyl (C=O) groups excluding carboxylic acids is 1. The second-order valence-corrected chi connectivity index (χ2v) is 11.6. The van der Waals surface area contributed by atoms with Gasteiger partial charge in [-0.15, -0.1) is 0 Å². The SMILES string of the molecule is N#CCC1CCCN(Cc2cccc(-n3ncc4c(=O)n(CC5(O)CCN(C(=O)C6CC6)CC5)cnc43)c2)C1. The minimum atomic E-state index is -1.05. The van der Waals surface area contributed by atoms with Gasteiger partial charge in [-0.25, -0.2) is 9.67 Å². The van der Waals surface area contributed by atoms with Crippen LogP contribution in [0.15, 0.2) is 41.6 Å². The molecule has 3 aliphatic rings. The maximum Gasteiger partial charge on any atom is 0.264 e. The molecule has 2 saturated heterocycles. The fraction of sp³-hybridized carbons (Fsp3) is 0.552. The summed E-state index contributed by atoms with van der Waals surface area (Å²) in [5.41, 5.74) is 1.19. The highest BCUT2D eigenvalue weighted by atomic mass is 16.3. The van der Waals surface area contributed by atoms with Crippen LogP contribution in [0, 0.1) is 23.2 Å². The zero-order chi connectivity index (χ0) is 27.0.